The lowest BCUT2D eigenvalue weighted by atomic mass is 9.85. The molecular weight excluding hydrogens is 708 g/mol. The number of aromatic nitrogens is 1. The quantitative estimate of drug-likeness (QED) is 0.0649. The van der Waals surface area contributed by atoms with Gasteiger partial charge >= 0.3 is 5.97 Å². The number of Topliss-reactive ketones (excluding diaryl/α,β-unsaturated/α-hetero) is 1. The van der Waals surface area contributed by atoms with Gasteiger partial charge < -0.3 is 9.47 Å². The monoisotopic (exact) mass is 740 g/mol. The van der Waals surface area contributed by atoms with E-state index in [0.29, 0.717) is 45.8 Å². The molecule has 1 aromatic heterocycles. The molecule has 9 heteroatoms. The number of carbonyl (C=O) groups is 4. The molecule has 0 N–H and O–H groups in total. The van der Waals surface area contributed by atoms with Gasteiger partial charge in [0.25, 0.3) is 0 Å². The molecular formula is C42H33BrN2O6. The van der Waals surface area contributed by atoms with Crippen molar-refractivity contribution in [2.75, 3.05) is 4.90 Å². The minimum absolute atomic E-state index is 0.132. The maximum atomic E-state index is 13.8. The summed E-state index contributed by atoms with van der Waals surface area (Å²) < 4.78 is 12.4. The number of ketones is 1. The lowest BCUT2D eigenvalue weighted by molar-refractivity contribution is -0.123. The van der Waals surface area contributed by atoms with Crippen LogP contribution in [0.4, 0.5) is 5.69 Å². The van der Waals surface area contributed by atoms with Gasteiger partial charge in [0.2, 0.25) is 17.6 Å². The van der Waals surface area contributed by atoms with Crippen molar-refractivity contribution in [2.45, 2.75) is 33.0 Å². The normalized spacial score (nSPS) is 20.9. The number of rotatable bonds is 9. The number of nitrogens with zero attached hydrogens (tertiary/aromatic N) is 2. The van der Waals surface area contributed by atoms with Crippen LogP contribution < -0.4 is 9.64 Å². The first-order valence-electron chi connectivity index (χ1n) is 17.0. The van der Waals surface area contributed by atoms with E-state index in [9.17, 15) is 19.2 Å². The lowest BCUT2D eigenvalue weighted by Gasteiger charge is -2.18. The van der Waals surface area contributed by atoms with Crippen LogP contribution in [-0.2, 0) is 20.9 Å². The Hall–Kier alpha value is -5.41. The summed E-state index contributed by atoms with van der Waals surface area (Å²) in [6, 6.07) is 29.0. The van der Waals surface area contributed by atoms with Crippen molar-refractivity contribution < 1.29 is 28.7 Å². The molecule has 0 radical (unpaired) electrons. The Morgan fingerprint density at radius 2 is 1.55 bits per heavy atom. The number of aryl methyl sites for hydroxylation is 1. The zero-order chi connectivity index (χ0) is 35.4. The zero-order valence-electron chi connectivity index (χ0n) is 27.9. The van der Waals surface area contributed by atoms with E-state index in [1.54, 1.807) is 61.5 Å². The van der Waals surface area contributed by atoms with E-state index in [-0.39, 0.29) is 46.8 Å². The van der Waals surface area contributed by atoms with Gasteiger partial charge in [0.1, 0.15) is 12.4 Å². The number of anilines is 1. The number of ether oxygens (including phenoxy) is 2. The second-order valence-electron chi connectivity index (χ2n) is 13.4. The molecule has 0 spiro atoms. The third-order valence-corrected chi connectivity index (χ3v) is 10.7. The van der Waals surface area contributed by atoms with Crippen LogP contribution in [0.5, 0.6) is 5.75 Å². The molecule has 3 aliphatic rings. The molecule has 2 bridgehead atoms. The number of esters is 1. The summed E-state index contributed by atoms with van der Waals surface area (Å²) in [5, 5.41) is 0.579. The van der Waals surface area contributed by atoms with Crippen LogP contribution in [0.25, 0.3) is 22.2 Å². The number of hydrogen-bond acceptors (Lipinski definition) is 7. The fourth-order valence-electron chi connectivity index (χ4n) is 7.68. The van der Waals surface area contributed by atoms with E-state index in [4.69, 9.17) is 14.5 Å². The van der Waals surface area contributed by atoms with Gasteiger partial charge in [-0.3, -0.25) is 19.3 Å². The first-order valence-corrected chi connectivity index (χ1v) is 17.7. The highest BCUT2D eigenvalue weighted by Crippen LogP contribution is 2.53. The van der Waals surface area contributed by atoms with Gasteiger partial charge in [0.05, 0.1) is 34.3 Å². The van der Waals surface area contributed by atoms with Crippen LogP contribution in [0.1, 0.15) is 45.2 Å². The van der Waals surface area contributed by atoms with E-state index in [0.717, 1.165) is 22.0 Å². The maximum absolute atomic E-state index is 13.8. The molecule has 1 aliphatic heterocycles. The van der Waals surface area contributed by atoms with E-state index in [1.165, 1.54) is 4.90 Å². The van der Waals surface area contributed by atoms with Crippen LogP contribution in [0.15, 0.2) is 114 Å². The first kappa shape index (κ1) is 32.8. The minimum atomic E-state index is -1.06. The van der Waals surface area contributed by atoms with Gasteiger partial charge in [0, 0.05) is 21.0 Å². The topological polar surface area (TPSA) is 103 Å². The number of benzene rings is 4. The van der Waals surface area contributed by atoms with Gasteiger partial charge in [-0.15, -0.1) is 0 Å². The van der Waals surface area contributed by atoms with Crippen molar-refractivity contribution in [3.63, 3.8) is 0 Å². The predicted octanol–water partition coefficient (Wildman–Crippen LogP) is 8.29. The highest BCUT2D eigenvalue weighted by molar-refractivity contribution is 9.10. The Labute approximate surface area is 303 Å². The Bertz CT molecular complexity index is 2220. The molecule has 8 nitrogen and oxygen atoms in total. The van der Waals surface area contributed by atoms with Crippen molar-refractivity contribution in [3.05, 3.63) is 136 Å². The van der Waals surface area contributed by atoms with Crippen LogP contribution in [0, 0.1) is 30.6 Å². The molecule has 51 heavy (non-hydrogen) atoms. The van der Waals surface area contributed by atoms with Crippen LogP contribution >= 0.6 is 15.9 Å². The SMILES string of the molecule is Cc1cc(Br)cc2c(C(=O)OC(C)C(=O)c3ccc(OCc4ccccc4)cc3)cc(-c3ccc(N4C(=O)C5C6C=CC(C6)C5C4=O)cc3)nc12. The standard InChI is InChI=1S/C42H33BrN2O6/c1-23-18-30(43)20-33-34(42(49)51-24(2)39(46)27-12-16-32(17-13-27)50-22-25-6-4-3-5-7-25)21-35(44-38(23)33)26-10-14-31(15-11-26)45-40(47)36-28-8-9-29(19-28)37(36)41(45)48/h3-18,20-21,24,28-29,36-37H,19,22H2,1-2H3. The van der Waals surface area contributed by atoms with Gasteiger partial charge in [-0.05, 0) is 97.8 Å². The van der Waals surface area contributed by atoms with Crippen molar-refractivity contribution in [1.29, 1.82) is 0 Å². The van der Waals surface area contributed by atoms with Gasteiger partial charge in [-0.1, -0.05) is 70.5 Å². The summed E-state index contributed by atoms with van der Waals surface area (Å²) in [5.41, 5.74) is 4.85. The number of allylic oxidation sites excluding steroid dienone is 2. The average Bonchev–Trinajstić information content (AvgIpc) is 3.84. The second-order valence-corrected chi connectivity index (χ2v) is 14.4. The summed E-state index contributed by atoms with van der Waals surface area (Å²) in [4.78, 5) is 60.1. The van der Waals surface area contributed by atoms with E-state index in [2.05, 4.69) is 28.1 Å². The highest BCUT2D eigenvalue weighted by atomic mass is 79.9. The lowest BCUT2D eigenvalue weighted by Crippen LogP contribution is -2.32. The van der Waals surface area contributed by atoms with Gasteiger partial charge in [0.15, 0.2) is 6.10 Å². The molecule has 5 atom stereocenters. The molecule has 5 unspecified atom stereocenters. The number of imide groups is 1. The Morgan fingerprint density at radius 1 is 0.882 bits per heavy atom. The third-order valence-electron chi connectivity index (χ3n) is 10.2. The summed E-state index contributed by atoms with van der Waals surface area (Å²) in [5.74, 6) is -0.959. The molecule has 2 fully saturated rings. The number of amides is 2. The summed E-state index contributed by atoms with van der Waals surface area (Å²) in [6.07, 6.45) is 3.97. The maximum Gasteiger partial charge on any atom is 0.339 e. The van der Waals surface area contributed by atoms with Gasteiger partial charge in [-0.2, -0.15) is 0 Å². The molecule has 254 valence electrons. The summed E-state index contributed by atoms with van der Waals surface area (Å²) >= 11 is 3.54. The number of pyridine rings is 1. The largest absolute Gasteiger partial charge is 0.489 e. The molecule has 5 aromatic rings. The van der Waals surface area contributed by atoms with Crippen LogP contribution in [-0.4, -0.2) is 34.7 Å². The Morgan fingerprint density at radius 3 is 2.22 bits per heavy atom. The van der Waals surface area contributed by atoms with Crippen molar-refractivity contribution >= 4 is 56.1 Å². The molecule has 2 amide bonds. The molecule has 2 heterocycles. The van der Waals surface area contributed by atoms with Crippen LogP contribution in [0.2, 0.25) is 0 Å². The highest BCUT2D eigenvalue weighted by Gasteiger charge is 2.59. The zero-order valence-corrected chi connectivity index (χ0v) is 29.5. The number of fused-ring (bicyclic) bond motifs is 6. The number of hydrogen-bond donors (Lipinski definition) is 0. The molecule has 8 rings (SSSR count). The van der Waals surface area contributed by atoms with Crippen molar-refractivity contribution in [1.82, 2.24) is 4.98 Å². The molecule has 4 aromatic carbocycles. The molecule has 2 aliphatic carbocycles. The predicted molar refractivity (Wildman–Crippen MR) is 196 cm³/mol. The third kappa shape index (κ3) is 5.95. The van der Waals surface area contributed by atoms with E-state index in [1.807, 2.05) is 49.4 Å². The fraction of sp³-hybridized carbons (Fsp3) is 0.214. The smallest absolute Gasteiger partial charge is 0.339 e. The summed E-state index contributed by atoms with van der Waals surface area (Å²) in [6.45, 7) is 3.87. The number of halogens is 1. The van der Waals surface area contributed by atoms with E-state index < -0.39 is 12.1 Å². The average molecular weight is 742 g/mol. The van der Waals surface area contributed by atoms with Crippen molar-refractivity contribution in [2.24, 2.45) is 23.7 Å². The fourth-order valence-corrected chi connectivity index (χ4v) is 8.25. The van der Waals surface area contributed by atoms with Crippen molar-refractivity contribution in [3.8, 4) is 17.0 Å². The minimum Gasteiger partial charge on any atom is -0.489 e. The van der Waals surface area contributed by atoms with Crippen LogP contribution in [0.3, 0.4) is 0 Å². The summed E-state index contributed by atoms with van der Waals surface area (Å²) in [7, 11) is 0. The Balaban J connectivity index is 1.02. The molecule has 1 saturated carbocycles. The molecule has 1 saturated heterocycles. The number of carbonyl (C=O) groups excluding carboxylic acids is 4. The van der Waals surface area contributed by atoms with Gasteiger partial charge in [-0.25, -0.2) is 9.78 Å². The van der Waals surface area contributed by atoms with E-state index >= 15 is 0 Å². The first-order chi connectivity index (χ1) is 24.7. The Kier molecular flexibility index (Phi) is 8.38. The second kappa shape index (κ2) is 13.0.